The van der Waals surface area contributed by atoms with Gasteiger partial charge in [-0.2, -0.15) is 0 Å². The predicted molar refractivity (Wildman–Crippen MR) is 148 cm³/mol. The lowest BCUT2D eigenvalue weighted by Crippen LogP contribution is -2.35. The fourth-order valence-corrected chi connectivity index (χ4v) is 5.59. The molecule has 14 heteroatoms. The number of carbonyl (C=O) groups excluding carboxylic acids is 1. The number of hydrogen-bond acceptors (Lipinski definition) is 9. The first kappa shape index (κ1) is 32.5. The molecular weight excluding hydrogens is 541 g/mol. The maximum absolute atomic E-state index is 12.5. The van der Waals surface area contributed by atoms with Crippen LogP contribution in [0.4, 0.5) is 5.82 Å². The van der Waals surface area contributed by atoms with Crippen LogP contribution in [-0.2, 0) is 18.6 Å². The van der Waals surface area contributed by atoms with Crippen LogP contribution >= 0.6 is 7.82 Å². The number of phosphoric ester groups is 1. The van der Waals surface area contributed by atoms with E-state index >= 15 is 0 Å². The molecule has 3 heterocycles. The second-order valence-electron chi connectivity index (χ2n) is 10.4. The van der Waals surface area contributed by atoms with Crippen LogP contribution in [0.2, 0.25) is 0 Å². The third-order valence-corrected chi connectivity index (χ3v) is 7.66. The van der Waals surface area contributed by atoms with Gasteiger partial charge in [-0.25, -0.2) is 19.5 Å². The molecule has 0 aliphatic carbocycles. The van der Waals surface area contributed by atoms with E-state index in [1.54, 1.807) is 0 Å². The molecule has 1 aliphatic heterocycles. The molecule has 0 unspecified atom stereocenters. The normalized spacial score (nSPS) is 21.3. The molecule has 3 rings (SSSR count). The Morgan fingerprint density at radius 3 is 2.17 bits per heavy atom. The Morgan fingerprint density at radius 1 is 1.00 bits per heavy atom. The van der Waals surface area contributed by atoms with E-state index in [1.165, 1.54) is 81.4 Å². The number of fused-ring (bicyclic) bond motifs is 1. The van der Waals surface area contributed by atoms with Crippen LogP contribution < -0.4 is 5.32 Å². The number of ether oxygens (including phenoxy) is 1. The van der Waals surface area contributed by atoms with Gasteiger partial charge >= 0.3 is 7.82 Å². The fourth-order valence-electron chi connectivity index (χ4n) is 5.01. The van der Waals surface area contributed by atoms with Gasteiger partial charge < -0.3 is 30.1 Å². The number of phosphoric acid groups is 1. The summed E-state index contributed by atoms with van der Waals surface area (Å²) in [5, 5.41) is 23.0. The van der Waals surface area contributed by atoms with Gasteiger partial charge in [-0.15, -0.1) is 0 Å². The maximum atomic E-state index is 12.5. The first-order chi connectivity index (χ1) is 19.2. The van der Waals surface area contributed by atoms with Crippen molar-refractivity contribution in [2.24, 2.45) is 0 Å². The van der Waals surface area contributed by atoms with Crippen LogP contribution in [0.5, 0.6) is 0 Å². The fraction of sp³-hybridized carbons (Fsp3) is 0.769. The van der Waals surface area contributed by atoms with Gasteiger partial charge in [0.05, 0.1) is 12.9 Å². The zero-order valence-corrected chi connectivity index (χ0v) is 24.1. The van der Waals surface area contributed by atoms with E-state index < -0.39 is 39.0 Å². The maximum Gasteiger partial charge on any atom is 0.470 e. The minimum Gasteiger partial charge on any atom is -0.394 e. The van der Waals surface area contributed by atoms with Gasteiger partial charge in [-0.1, -0.05) is 84.0 Å². The number of carbonyl (C=O) groups is 1. The van der Waals surface area contributed by atoms with Crippen LogP contribution in [0.3, 0.4) is 0 Å². The third-order valence-electron chi connectivity index (χ3n) is 7.15. The third kappa shape index (κ3) is 9.83. The summed E-state index contributed by atoms with van der Waals surface area (Å²) in [5.74, 6) is 0.0166. The summed E-state index contributed by atoms with van der Waals surface area (Å²) in [6.45, 7) is 1.60. The van der Waals surface area contributed by atoms with Crippen molar-refractivity contribution in [2.75, 3.05) is 11.9 Å². The van der Waals surface area contributed by atoms with Crippen molar-refractivity contribution in [3.63, 3.8) is 0 Å². The smallest absolute Gasteiger partial charge is 0.394 e. The van der Waals surface area contributed by atoms with E-state index in [9.17, 15) is 19.6 Å². The van der Waals surface area contributed by atoms with Crippen molar-refractivity contribution in [1.82, 2.24) is 19.5 Å². The predicted octanol–water partition coefficient (Wildman–Crippen LogP) is 3.97. The number of nitrogens with zero attached hydrogens (tertiary/aromatic N) is 4. The zero-order valence-electron chi connectivity index (χ0n) is 23.2. The molecule has 226 valence electrons. The Hall–Kier alpha value is -1.99. The summed E-state index contributed by atoms with van der Waals surface area (Å²) in [6, 6.07) is 0. The Bertz CT molecular complexity index is 1100. The average molecular weight is 586 g/mol. The minimum absolute atomic E-state index is 0.190. The summed E-state index contributed by atoms with van der Waals surface area (Å²) < 4.78 is 22.9. The van der Waals surface area contributed by atoms with Crippen molar-refractivity contribution in [3.05, 3.63) is 12.7 Å². The molecule has 0 spiro atoms. The first-order valence-electron chi connectivity index (χ1n) is 14.4. The highest BCUT2D eigenvalue weighted by Crippen LogP contribution is 2.44. The van der Waals surface area contributed by atoms with Crippen LogP contribution in [0.25, 0.3) is 11.2 Å². The quantitative estimate of drug-likeness (QED) is 0.118. The lowest BCUT2D eigenvalue weighted by Gasteiger charge is -2.20. The number of nitrogens with one attached hydrogen (secondary N) is 1. The highest BCUT2D eigenvalue weighted by atomic mass is 31.2. The molecule has 2 aromatic rings. The lowest BCUT2D eigenvalue weighted by molar-refractivity contribution is -0.116. The number of imidazole rings is 1. The van der Waals surface area contributed by atoms with E-state index in [4.69, 9.17) is 14.5 Å². The van der Waals surface area contributed by atoms with Gasteiger partial charge in [-0.05, 0) is 6.42 Å². The first-order valence-corrected chi connectivity index (χ1v) is 15.9. The van der Waals surface area contributed by atoms with Crippen LogP contribution in [0.15, 0.2) is 12.7 Å². The van der Waals surface area contributed by atoms with E-state index in [-0.39, 0.29) is 22.9 Å². The molecule has 0 bridgehead atoms. The Morgan fingerprint density at radius 2 is 1.60 bits per heavy atom. The van der Waals surface area contributed by atoms with E-state index in [0.717, 1.165) is 19.3 Å². The largest absolute Gasteiger partial charge is 0.470 e. The van der Waals surface area contributed by atoms with Gasteiger partial charge in [0.15, 0.2) is 23.2 Å². The number of hydrogen-bond donors (Lipinski definition) is 5. The average Bonchev–Trinajstić information content (AvgIpc) is 3.47. The van der Waals surface area contributed by atoms with Crippen molar-refractivity contribution in [3.8, 4) is 0 Å². The topological polar surface area (TPSA) is 189 Å². The molecule has 1 saturated heterocycles. The molecule has 0 saturated carbocycles. The highest BCUT2D eigenvalue weighted by molar-refractivity contribution is 7.46. The summed E-state index contributed by atoms with van der Waals surface area (Å²) in [4.78, 5) is 43.4. The van der Waals surface area contributed by atoms with Gasteiger partial charge in [0.2, 0.25) is 5.91 Å². The van der Waals surface area contributed by atoms with Crippen molar-refractivity contribution >= 4 is 30.7 Å². The molecule has 1 aliphatic rings. The Balaban J connectivity index is 1.42. The lowest BCUT2D eigenvalue weighted by atomic mass is 10.0. The van der Waals surface area contributed by atoms with Crippen LogP contribution in [0, 0.1) is 0 Å². The number of anilines is 1. The van der Waals surface area contributed by atoms with E-state index in [2.05, 4.69) is 31.7 Å². The Labute approximate surface area is 235 Å². The molecule has 1 amide bonds. The van der Waals surface area contributed by atoms with E-state index in [1.807, 2.05) is 0 Å². The number of rotatable bonds is 19. The van der Waals surface area contributed by atoms with Gasteiger partial charge in [-0.3, -0.25) is 13.9 Å². The minimum atomic E-state index is -4.95. The number of unbranched alkanes of at least 4 members (excludes halogenated alkanes) is 12. The molecule has 40 heavy (non-hydrogen) atoms. The SMILES string of the molecule is CCCCCCCCCCCCCCCC(=O)Nc1ncnc2c1ncn2[C@@H]1O[C@H](CO)[C@@H](OP(=O)(O)O)[C@H]1O. The van der Waals surface area contributed by atoms with Crippen LogP contribution in [0.1, 0.15) is 103 Å². The monoisotopic (exact) mass is 585 g/mol. The molecule has 5 N–H and O–H groups in total. The summed E-state index contributed by atoms with van der Waals surface area (Å²) in [7, 11) is -4.95. The van der Waals surface area contributed by atoms with Gasteiger partial charge in [0.1, 0.15) is 24.6 Å². The number of aliphatic hydroxyl groups excluding tert-OH is 2. The standard InChI is InChI=1S/C26H44N5O8P/c1-2-3-4-5-6-7-8-9-10-11-12-13-14-15-20(33)30-24-21-25(28-17-27-24)31(18-29-21)26-22(34)23(19(16-32)38-26)39-40(35,36)37/h17-19,22-23,26,32,34H,2-16H2,1H3,(H2,35,36,37)(H,27,28,30,33)/t19-,22-,23-,26-/m1/s1. The number of aliphatic hydroxyl groups is 2. The van der Waals surface area contributed by atoms with Crippen molar-refractivity contribution in [1.29, 1.82) is 0 Å². The zero-order chi connectivity index (χ0) is 29.0. The van der Waals surface area contributed by atoms with Crippen molar-refractivity contribution in [2.45, 2.75) is 121 Å². The van der Waals surface area contributed by atoms with Gasteiger partial charge in [0, 0.05) is 6.42 Å². The highest BCUT2D eigenvalue weighted by Gasteiger charge is 2.48. The number of amides is 1. The van der Waals surface area contributed by atoms with Gasteiger partial charge in [0.25, 0.3) is 0 Å². The Kier molecular flexibility index (Phi) is 13.4. The summed E-state index contributed by atoms with van der Waals surface area (Å²) in [5.41, 5.74) is 0.487. The number of aromatic nitrogens is 4. The summed E-state index contributed by atoms with van der Waals surface area (Å²) in [6.07, 6.45) is 13.4. The summed E-state index contributed by atoms with van der Waals surface area (Å²) >= 11 is 0. The van der Waals surface area contributed by atoms with E-state index in [0.29, 0.717) is 6.42 Å². The molecule has 0 radical (unpaired) electrons. The molecule has 13 nitrogen and oxygen atoms in total. The molecular formula is C26H44N5O8P. The van der Waals surface area contributed by atoms with Crippen LogP contribution in [-0.4, -0.2) is 70.3 Å². The molecule has 2 aromatic heterocycles. The molecule has 4 atom stereocenters. The molecule has 1 fully saturated rings. The molecule has 0 aromatic carbocycles. The second kappa shape index (κ2) is 16.5. The second-order valence-corrected chi connectivity index (χ2v) is 11.6. The van der Waals surface area contributed by atoms with Crippen molar-refractivity contribution < 1.29 is 38.6 Å².